The van der Waals surface area contributed by atoms with Crippen LogP contribution in [0, 0.1) is 5.92 Å². The molecule has 0 bridgehead atoms. The van der Waals surface area contributed by atoms with E-state index >= 15 is 0 Å². The van der Waals surface area contributed by atoms with Crippen LogP contribution in [0.1, 0.15) is 26.3 Å². The molecule has 0 saturated heterocycles. The third kappa shape index (κ3) is 6.41. The molecule has 1 amide bonds. The second-order valence-electron chi connectivity index (χ2n) is 5.83. The molecule has 0 radical (unpaired) electrons. The third-order valence-corrected chi connectivity index (χ3v) is 3.77. The summed E-state index contributed by atoms with van der Waals surface area (Å²) in [6.07, 6.45) is 5.71. The minimum absolute atomic E-state index is 0.0265. The summed E-state index contributed by atoms with van der Waals surface area (Å²) in [5.41, 5.74) is 0.949. The Morgan fingerprint density at radius 1 is 1.35 bits per heavy atom. The monoisotopic (exact) mass is 374 g/mol. The molecular formula is C20H23ClN2O3. The molecule has 0 aliphatic heterocycles. The average molecular weight is 375 g/mol. The molecule has 5 nitrogen and oxygen atoms in total. The van der Waals surface area contributed by atoms with Crippen LogP contribution in [-0.2, 0) is 4.79 Å². The Morgan fingerprint density at radius 3 is 2.77 bits per heavy atom. The Balaban J connectivity index is 1.96. The zero-order valence-corrected chi connectivity index (χ0v) is 15.9. The van der Waals surface area contributed by atoms with Gasteiger partial charge in [0.1, 0.15) is 11.5 Å². The van der Waals surface area contributed by atoms with Crippen LogP contribution < -0.4 is 14.8 Å². The van der Waals surface area contributed by atoms with Gasteiger partial charge in [-0.15, -0.1) is 0 Å². The van der Waals surface area contributed by atoms with Crippen molar-refractivity contribution in [2.75, 3.05) is 13.2 Å². The van der Waals surface area contributed by atoms with Crippen LogP contribution in [0.3, 0.4) is 0 Å². The van der Waals surface area contributed by atoms with Gasteiger partial charge in [0.25, 0.3) is 0 Å². The molecular weight excluding hydrogens is 352 g/mol. The normalized spacial score (nSPS) is 12.0. The summed E-state index contributed by atoms with van der Waals surface area (Å²) in [5, 5.41) is 3.25. The highest BCUT2D eigenvalue weighted by atomic mass is 35.5. The molecule has 0 spiro atoms. The van der Waals surface area contributed by atoms with Gasteiger partial charge in [-0.25, -0.2) is 4.98 Å². The maximum Gasteiger partial charge on any atom is 0.219 e. The zero-order valence-electron chi connectivity index (χ0n) is 15.2. The fourth-order valence-electron chi connectivity index (χ4n) is 2.13. The molecule has 2 aromatic rings. The number of halogens is 1. The Bertz CT molecular complexity index is 760. The summed E-state index contributed by atoms with van der Waals surface area (Å²) in [5.74, 6) is 1.89. The highest BCUT2D eigenvalue weighted by Gasteiger charge is 2.06. The molecule has 1 aromatic heterocycles. The lowest BCUT2D eigenvalue weighted by atomic mass is 10.1. The van der Waals surface area contributed by atoms with E-state index in [1.807, 2.05) is 32.1 Å². The molecule has 1 unspecified atom stereocenters. The van der Waals surface area contributed by atoms with Crippen molar-refractivity contribution in [1.29, 1.82) is 0 Å². The van der Waals surface area contributed by atoms with Crippen molar-refractivity contribution in [1.82, 2.24) is 10.3 Å². The van der Waals surface area contributed by atoms with Gasteiger partial charge in [-0.2, -0.15) is 0 Å². The van der Waals surface area contributed by atoms with E-state index in [-0.39, 0.29) is 11.8 Å². The summed E-state index contributed by atoms with van der Waals surface area (Å²) in [6.45, 7) is 6.65. The predicted molar refractivity (Wildman–Crippen MR) is 104 cm³/mol. The largest absolute Gasteiger partial charge is 0.494 e. The summed E-state index contributed by atoms with van der Waals surface area (Å²) in [4.78, 5) is 15.2. The van der Waals surface area contributed by atoms with E-state index in [0.29, 0.717) is 35.6 Å². The minimum atomic E-state index is -0.0265. The van der Waals surface area contributed by atoms with E-state index in [0.717, 1.165) is 5.56 Å². The number of aromatic nitrogens is 1. The standard InChI is InChI=1S/C20H23ClN2O3/c1-4-25-17-8-9-19(18(21)11-17)26-20-10-7-16(13-23-20)6-5-14(2)12-22-15(3)24/h5-11,13-14H,4,12H2,1-3H3,(H,22,24). The van der Waals surface area contributed by atoms with Gasteiger partial charge in [0.15, 0.2) is 0 Å². The topological polar surface area (TPSA) is 60.5 Å². The van der Waals surface area contributed by atoms with Gasteiger partial charge in [0.05, 0.1) is 11.6 Å². The lowest BCUT2D eigenvalue weighted by molar-refractivity contribution is -0.119. The zero-order chi connectivity index (χ0) is 18.9. The van der Waals surface area contributed by atoms with Gasteiger partial charge >= 0.3 is 0 Å². The first-order valence-corrected chi connectivity index (χ1v) is 8.84. The maximum absolute atomic E-state index is 10.9. The SMILES string of the molecule is CCOc1ccc(Oc2ccc(C=CC(C)CNC(C)=O)cn2)c(Cl)c1. The summed E-state index contributed by atoms with van der Waals surface area (Å²) in [6, 6.07) is 8.97. The number of rotatable bonds is 8. The fourth-order valence-corrected chi connectivity index (χ4v) is 2.34. The van der Waals surface area contributed by atoms with Gasteiger partial charge in [0.2, 0.25) is 11.8 Å². The van der Waals surface area contributed by atoms with Gasteiger partial charge < -0.3 is 14.8 Å². The van der Waals surface area contributed by atoms with E-state index in [1.165, 1.54) is 6.92 Å². The van der Waals surface area contributed by atoms with Crippen LogP contribution in [0.4, 0.5) is 0 Å². The number of carbonyl (C=O) groups is 1. The van der Waals surface area contributed by atoms with Gasteiger partial charge in [0, 0.05) is 31.8 Å². The number of ether oxygens (including phenoxy) is 2. The highest BCUT2D eigenvalue weighted by Crippen LogP contribution is 2.31. The average Bonchev–Trinajstić information content (AvgIpc) is 2.62. The maximum atomic E-state index is 10.9. The van der Waals surface area contributed by atoms with Crippen molar-refractivity contribution in [3.05, 3.63) is 53.2 Å². The molecule has 1 aromatic carbocycles. The van der Waals surface area contributed by atoms with Crippen molar-refractivity contribution in [3.8, 4) is 17.4 Å². The molecule has 1 N–H and O–H groups in total. The molecule has 6 heteroatoms. The molecule has 0 fully saturated rings. The van der Waals surface area contributed by atoms with Crippen LogP contribution in [0.25, 0.3) is 6.08 Å². The molecule has 1 atom stereocenters. The Kier molecular flexibility index (Phi) is 7.48. The molecule has 26 heavy (non-hydrogen) atoms. The van der Waals surface area contributed by atoms with E-state index in [2.05, 4.69) is 10.3 Å². The Labute approximate surface area is 159 Å². The highest BCUT2D eigenvalue weighted by molar-refractivity contribution is 6.32. The first kappa shape index (κ1) is 19.8. The van der Waals surface area contributed by atoms with Crippen LogP contribution in [0.5, 0.6) is 17.4 Å². The van der Waals surface area contributed by atoms with Crippen molar-refractivity contribution in [3.63, 3.8) is 0 Å². The second kappa shape index (κ2) is 9.82. The number of amides is 1. The van der Waals surface area contributed by atoms with Crippen molar-refractivity contribution in [2.45, 2.75) is 20.8 Å². The predicted octanol–water partition coefficient (Wildman–Crippen LogP) is 4.71. The first-order valence-electron chi connectivity index (χ1n) is 8.46. The van der Waals surface area contributed by atoms with Crippen molar-refractivity contribution < 1.29 is 14.3 Å². The van der Waals surface area contributed by atoms with Crippen LogP contribution >= 0.6 is 11.6 Å². The number of hydrogen-bond acceptors (Lipinski definition) is 4. The third-order valence-electron chi connectivity index (χ3n) is 3.48. The number of benzene rings is 1. The second-order valence-corrected chi connectivity index (χ2v) is 6.24. The lowest BCUT2D eigenvalue weighted by Crippen LogP contribution is -2.24. The molecule has 2 rings (SSSR count). The summed E-state index contributed by atoms with van der Waals surface area (Å²) >= 11 is 6.21. The molecule has 1 heterocycles. The van der Waals surface area contributed by atoms with Crippen LogP contribution in [0.15, 0.2) is 42.6 Å². The number of carbonyl (C=O) groups excluding carboxylic acids is 1. The van der Waals surface area contributed by atoms with Crippen molar-refractivity contribution in [2.24, 2.45) is 5.92 Å². The van der Waals surface area contributed by atoms with Gasteiger partial charge in [-0.1, -0.05) is 30.7 Å². The van der Waals surface area contributed by atoms with E-state index in [4.69, 9.17) is 21.1 Å². The van der Waals surface area contributed by atoms with E-state index in [9.17, 15) is 4.79 Å². The molecule has 0 aliphatic rings. The number of nitrogens with one attached hydrogen (secondary N) is 1. The molecule has 138 valence electrons. The van der Waals surface area contributed by atoms with Gasteiger partial charge in [-0.05, 0) is 36.6 Å². The molecule has 0 aliphatic carbocycles. The number of nitrogens with zero attached hydrogens (tertiary/aromatic N) is 1. The van der Waals surface area contributed by atoms with Crippen LogP contribution in [-0.4, -0.2) is 24.0 Å². The lowest BCUT2D eigenvalue weighted by Gasteiger charge is -2.09. The summed E-state index contributed by atoms with van der Waals surface area (Å²) in [7, 11) is 0. The van der Waals surface area contributed by atoms with E-state index in [1.54, 1.807) is 30.5 Å². The number of pyridine rings is 1. The quantitative estimate of drug-likeness (QED) is 0.726. The van der Waals surface area contributed by atoms with Gasteiger partial charge in [-0.3, -0.25) is 4.79 Å². The Morgan fingerprint density at radius 2 is 2.15 bits per heavy atom. The smallest absolute Gasteiger partial charge is 0.219 e. The van der Waals surface area contributed by atoms with Crippen LogP contribution in [0.2, 0.25) is 5.02 Å². The Hall–Kier alpha value is -2.53. The number of hydrogen-bond donors (Lipinski definition) is 1. The minimum Gasteiger partial charge on any atom is -0.494 e. The van der Waals surface area contributed by atoms with E-state index < -0.39 is 0 Å². The molecule has 0 saturated carbocycles. The summed E-state index contributed by atoms with van der Waals surface area (Å²) < 4.78 is 11.1. The van der Waals surface area contributed by atoms with Crippen molar-refractivity contribution >= 4 is 23.6 Å². The fraction of sp³-hybridized carbons (Fsp3) is 0.300. The first-order chi connectivity index (χ1) is 12.5.